The number of allylic oxidation sites excluding steroid dienone is 1. The first-order valence-corrected chi connectivity index (χ1v) is 8.89. The molecule has 30 heavy (non-hydrogen) atoms. The Bertz CT molecular complexity index is 1030. The molecule has 1 aliphatic rings. The van der Waals surface area contributed by atoms with Gasteiger partial charge in [-0.15, -0.1) is 0 Å². The van der Waals surface area contributed by atoms with Gasteiger partial charge in [0, 0.05) is 17.5 Å². The number of nitrogens with one attached hydrogen (secondary N) is 2. The normalized spacial score (nSPS) is 19.3. The summed E-state index contributed by atoms with van der Waals surface area (Å²) < 4.78 is 78.5. The second kappa shape index (κ2) is 7.68. The average Bonchev–Trinajstić information content (AvgIpc) is 2.62. The molecule has 0 amide bonds. The lowest BCUT2D eigenvalue weighted by Gasteiger charge is -2.32. The second-order valence-electron chi connectivity index (χ2n) is 6.26. The first-order valence-electron chi connectivity index (χ1n) is 8.13. The Balaban J connectivity index is 1.88. The van der Waals surface area contributed by atoms with Crippen molar-refractivity contribution in [3.05, 3.63) is 75.0 Å². The van der Waals surface area contributed by atoms with Gasteiger partial charge < -0.3 is 10.6 Å². The van der Waals surface area contributed by atoms with E-state index in [1.807, 2.05) is 0 Å². The molecule has 0 radical (unpaired) electrons. The van der Waals surface area contributed by atoms with Gasteiger partial charge in [0.1, 0.15) is 5.82 Å². The first-order chi connectivity index (χ1) is 13.8. The third kappa shape index (κ3) is 4.66. The number of hydrogen-bond donors (Lipinski definition) is 3. The molecule has 0 fully saturated rings. The summed E-state index contributed by atoms with van der Waals surface area (Å²) in [5.41, 5.74) is 3.92. The van der Waals surface area contributed by atoms with E-state index in [4.69, 9.17) is 28.9 Å². The van der Waals surface area contributed by atoms with Crippen molar-refractivity contribution in [2.75, 3.05) is 5.32 Å². The van der Waals surface area contributed by atoms with Crippen molar-refractivity contribution in [3.63, 3.8) is 0 Å². The zero-order chi connectivity index (χ0) is 22.3. The largest absolute Gasteiger partial charge is 0.417 e. The number of benzene rings is 2. The van der Waals surface area contributed by atoms with Crippen LogP contribution in [0, 0.1) is 0 Å². The predicted molar refractivity (Wildman–Crippen MR) is 102 cm³/mol. The second-order valence-corrected chi connectivity index (χ2v) is 7.07. The van der Waals surface area contributed by atoms with Gasteiger partial charge in [-0.25, -0.2) is 4.99 Å². The molecule has 3 rings (SSSR count). The molecule has 160 valence electrons. The van der Waals surface area contributed by atoms with Crippen LogP contribution in [-0.4, -0.2) is 6.21 Å². The zero-order valence-electron chi connectivity index (χ0n) is 14.7. The van der Waals surface area contributed by atoms with E-state index in [9.17, 15) is 26.3 Å². The Hall–Kier alpha value is -2.43. The molecule has 1 unspecified atom stereocenters. The van der Waals surface area contributed by atoms with Crippen LogP contribution >= 0.6 is 23.2 Å². The molecule has 1 heterocycles. The van der Waals surface area contributed by atoms with Crippen molar-refractivity contribution < 1.29 is 26.3 Å². The lowest BCUT2D eigenvalue weighted by Crippen LogP contribution is -2.51. The summed E-state index contributed by atoms with van der Waals surface area (Å²) >= 11 is 11.2. The molecular formula is C18H12Cl2F6N4. The number of nitrogens with zero attached hydrogens (tertiary/aromatic N) is 1. The number of nitrogens with two attached hydrogens (primary N) is 1. The van der Waals surface area contributed by atoms with Crippen LogP contribution in [0.5, 0.6) is 0 Å². The van der Waals surface area contributed by atoms with Crippen LogP contribution in [0.1, 0.15) is 16.7 Å². The Kier molecular flexibility index (Phi) is 5.70. The van der Waals surface area contributed by atoms with E-state index in [-0.39, 0.29) is 17.1 Å². The van der Waals surface area contributed by atoms with Gasteiger partial charge in [-0.05, 0) is 36.4 Å². The summed E-state index contributed by atoms with van der Waals surface area (Å²) in [6.45, 7) is 0. The smallest absolute Gasteiger partial charge is 0.342 e. The maximum Gasteiger partial charge on any atom is 0.417 e. The molecule has 2 aromatic carbocycles. The van der Waals surface area contributed by atoms with Crippen LogP contribution in [0.25, 0.3) is 0 Å². The maximum absolute atomic E-state index is 13.1. The van der Waals surface area contributed by atoms with Crippen molar-refractivity contribution in [3.8, 4) is 0 Å². The van der Waals surface area contributed by atoms with Crippen LogP contribution in [-0.2, 0) is 18.1 Å². The van der Waals surface area contributed by atoms with E-state index >= 15 is 0 Å². The Labute approximate surface area is 176 Å². The molecule has 0 spiro atoms. The van der Waals surface area contributed by atoms with Gasteiger partial charge in [-0.2, -0.15) is 26.3 Å². The number of alkyl halides is 6. The van der Waals surface area contributed by atoms with Crippen LogP contribution in [0.2, 0.25) is 10.0 Å². The quantitative estimate of drug-likeness (QED) is 0.504. The summed E-state index contributed by atoms with van der Waals surface area (Å²) in [6.07, 6.45) is -6.82. The lowest BCUT2D eigenvalue weighted by atomic mass is 10.0. The maximum atomic E-state index is 13.1. The minimum Gasteiger partial charge on any atom is -0.342 e. The molecular weight excluding hydrogens is 457 g/mol. The van der Waals surface area contributed by atoms with Gasteiger partial charge in [0.15, 0.2) is 0 Å². The zero-order valence-corrected chi connectivity index (χ0v) is 16.2. The van der Waals surface area contributed by atoms with Crippen molar-refractivity contribution in [1.82, 2.24) is 5.32 Å². The highest BCUT2D eigenvalue weighted by Crippen LogP contribution is 2.38. The topological polar surface area (TPSA) is 62.4 Å². The van der Waals surface area contributed by atoms with Crippen molar-refractivity contribution >= 4 is 35.1 Å². The van der Waals surface area contributed by atoms with E-state index < -0.39 is 39.3 Å². The van der Waals surface area contributed by atoms with Crippen LogP contribution < -0.4 is 16.4 Å². The predicted octanol–water partition coefficient (Wildman–Crippen LogP) is 5.73. The molecule has 0 aliphatic carbocycles. The number of rotatable bonds is 3. The lowest BCUT2D eigenvalue weighted by molar-refractivity contribution is -0.138. The standard InChI is InChI=1S/C18H12Cl2F6N4/c19-13-3-1-9(7-11(13)16(21,22)23)18(27)28-6-5-15(30-18)29-10-2-4-14(20)12(8-10)17(24,25)26/h1-8,29-30H,27H2. The number of halogens is 8. The van der Waals surface area contributed by atoms with Crippen LogP contribution in [0.4, 0.5) is 32.0 Å². The molecule has 0 saturated heterocycles. The molecule has 12 heteroatoms. The fourth-order valence-corrected chi connectivity index (χ4v) is 3.13. The van der Waals surface area contributed by atoms with E-state index in [0.29, 0.717) is 0 Å². The number of aliphatic imine (C=N–C) groups is 1. The minimum absolute atomic E-state index is 0.0233. The summed E-state index contributed by atoms with van der Waals surface area (Å²) in [7, 11) is 0. The fourth-order valence-electron chi connectivity index (χ4n) is 2.68. The third-order valence-corrected chi connectivity index (χ3v) is 4.77. The Morgan fingerprint density at radius 1 is 0.900 bits per heavy atom. The van der Waals surface area contributed by atoms with Crippen molar-refractivity contribution in [2.45, 2.75) is 18.1 Å². The van der Waals surface area contributed by atoms with Gasteiger partial charge in [0.25, 0.3) is 0 Å². The molecule has 0 bridgehead atoms. The molecule has 2 aromatic rings. The summed E-state index contributed by atoms with van der Waals surface area (Å²) in [5.74, 6) is -1.72. The van der Waals surface area contributed by atoms with Gasteiger partial charge in [0.05, 0.1) is 21.2 Å². The molecule has 4 N–H and O–H groups in total. The Morgan fingerprint density at radius 3 is 2.07 bits per heavy atom. The fraction of sp³-hybridized carbons (Fsp3) is 0.167. The number of anilines is 1. The summed E-state index contributed by atoms with van der Waals surface area (Å²) in [6, 6.07) is 6.20. The first kappa shape index (κ1) is 22.3. The third-order valence-electron chi connectivity index (χ3n) is 4.11. The van der Waals surface area contributed by atoms with Gasteiger partial charge >= 0.3 is 12.4 Å². The SMILES string of the molecule is NC1(c2ccc(Cl)c(C(F)(F)F)c2)N=CC=C(Nc2ccc(Cl)c(C(F)(F)F)c2)N1. The Morgan fingerprint density at radius 2 is 1.47 bits per heavy atom. The van der Waals surface area contributed by atoms with Crippen LogP contribution in [0.3, 0.4) is 0 Å². The highest BCUT2D eigenvalue weighted by molar-refractivity contribution is 6.31. The van der Waals surface area contributed by atoms with E-state index in [1.165, 1.54) is 24.4 Å². The van der Waals surface area contributed by atoms with Crippen molar-refractivity contribution in [2.24, 2.45) is 10.7 Å². The van der Waals surface area contributed by atoms with Gasteiger partial charge in [-0.3, -0.25) is 5.73 Å². The van der Waals surface area contributed by atoms with Gasteiger partial charge in [-0.1, -0.05) is 29.3 Å². The van der Waals surface area contributed by atoms with Crippen molar-refractivity contribution in [1.29, 1.82) is 0 Å². The van der Waals surface area contributed by atoms with Crippen LogP contribution in [0.15, 0.2) is 53.3 Å². The molecule has 4 nitrogen and oxygen atoms in total. The molecule has 1 atom stereocenters. The summed E-state index contributed by atoms with van der Waals surface area (Å²) in [5, 5.41) is 4.36. The monoisotopic (exact) mass is 468 g/mol. The highest BCUT2D eigenvalue weighted by Gasteiger charge is 2.37. The molecule has 0 saturated carbocycles. The van der Waals surface area contributed by atoms with E-state index in [1.54, 1.807) is 0 Å². The van der Waals surface area contributed by atoms with E-state index in [2.05, 4.69) is 15.6 Å². The number of hydrogen-bond acceptors (Lipinski definition) is 4. The minimum atomic E-state index is -4.71. The van der Waals surface area contributed by atoms with Gasteiger partial charge in [0.2, 0.25) is 5.79 Å². The average molecular weight is 469 g/mol. The molecule has 0 aromatic heterocycles. The highest BCUT2D eigenvalue weighted by atomic mass is 35.5. The van der Waals surface area contributed by atoms with E-state index in [0.717, 1.165) is 24.3 Å². The summed E-state index contributed by atoms with van der Waals surface area (Å²) in [4.78, 5) is 3.96. The molecule has 1 aliphatic heterocycles.